The van der Waals surface area contributed by atoms with Crippen LogP contribution in [0, 0.1) is 41.8 Å². The molecule has 2 amide bonds. The third-order valence-electron chi connectivity index (χ3n) is 9.34. The molecule has 0 bridgehead atoms. The first kappa shape index (κ1) is 30.7. The summed E-state index contributed by atoms with van der Waals surface area (Å²) >= 11 is 0. The van der Waals surface area contributed by atoms with Crippen molar-refractivity contribution in [1.82, 2.24) is 24.7 Å². The van der Waals surface area contributed by atoms with E-state index in [1.165, 1.54) is 17.7 Å². The molecule has 43 heavy (non-hydrogen) atoms. The molecule has 0 radical (unpaired) electrons. The summed E-state index contributed by atoms with van der Waals surface area (Å²) in [6.45, 7) is 9.57. The largest absolute Gasteiger partial charge is 0.355 e. The second-order valence-electron chi connectivity index (χ2n) is 12.8. The number of pyridine rings is 1. The molecular weight excluding hydrogens is 543 g/mol. The first-order valence-electron chi connectivity index (χ1n) is 15.5. The molecule has 1 aliphatic carbocycles. The number of halogens is 1. The fraction of sp³-hybridized carbons (Fsp3) is 0.529. The lowest BCUT2D eigenvalue weighted by atomic mass is 9.80. The van der Waals surface area contributed by atoms with Crippen LogP contribution in [-0.4, -0.2) is 70.4 Å². The second-order valence-corrected chi connectivity index (χ2v) is 12.8. The average molecular weight is 587 g/mol. The van der Waals surface area contributed by atoms with E-state index in [2.05, 4.69) is 34.4 Å². The zero-order valence-electron chi connectivity index (χ0n) is 25.8. The van der Waals surface area contributed by atoms with Crippen LogP contribution in [0.2, 0.25) is 0 Å². The molecule has 5 rings (SSSR count). The summed E-state index contributed by atoms with van der Waals surface area (Å²) < 4.78 is 16.4. The molecule has 1 aliphatic heterocycles. The van der Waals surface area contributed by atoms with E-state index in [9.17, 15) is 14.0 Å². The van der Waals surface area contributed by atoms with Gasteiger partial charge in [-0.3, -0.25) is 14.6 Å². The number of aryl methyl sites for hydroxylation is 1. The Labute approximate surface area is 253 Å². The molecule has 0 spiro atoms. The molecule has 8 nitrogen and oxygen atoms in total. The maximum absolute atomic E-state index is 14.4. The quantitative estimate of drug-likeness (QED) is 0.327. The van der Waals surface area contributed by atoms with Gasteiger partial charge in [-0.05, 0) is 94.0 Å². The average Bonchev–Trinajstić information content (AvgIpc) is 3.34. The van der Waals surface area contributed by atoms with Gasteiger partial charge < -0.3 is 19.7 Å². The first-order valence-corrected chi connectivity index (χ1v) is 15.5. The summed E-state index contributed by atoms with van der Waals surface area (Å²) in [6, 6.07) is 6.50. The van der Waals surface area contributed by atoms with Gasteiger partial charge in [0.25, 0.3) is 5.91 Å². The van der Waals surface area contributed by atoms with Crippen LogP contribution in [0.15, 0.2) is 36.8 Å². The van der Waals surface area contributed by atoms with E-state index >= 15 is 0 Å². The van der Waals surface area contributed by atoms with Gasteiger partial charge in [0.2, 0.25) is 5.91 Å². The van der Waals surface area contributed by atoms with E-state index in [0.29, 0.717) is 36.1 Å². The molecule has 0 atom stereocenters. The Balaban J connectivity index is 1.25. The number of nitrogens with zero attached hydrogens (tertiary/aromatic N) is 5. The van der Waals surface area contributed by atoms with Gasteiger partial charge >= 0.3 is 0 Å². The summed E-state index contributed by atoms with van der Waals surface area (Å²) in [5, 5.41) is 12.7. The van der Waals surface area contributed by atoms with Crippen molar-refractivity contribution in [3.8, 4) is 11.8 Å². The summed E-state index contributed by atoms with van der Waals surface area (Å²) in [5.74, 6) is 0.699. The number of likely N-dealkylation sites (tertiary alicyclic amines) is 1. The number of aromatic nitrogens is 2. The number of benzene rings is 1. The standard InChI is InChI=1S/C34H43FN6O2/c1-22(2)39(4)34(43)29-15-28(35)10-11-30(29)41-21-27(32-23(3)16-37-17-31(32)41)14-25-19-40(20-25)18-24-6-8-26(9-7-24)33(42)38-13-5-12-36/h10-11,15-17,21-22,24-26H,5-9,13-14,18-20H2,1-4H3,(H,38,42). The molecule has 9 heteroatoms. The lowest BCUT2D eigenvalue weighted by Gasteiger charge is -2.42. The number of hydrogen-bond acceptors (Lipinski definition) is 5. The zero-order valence-corrected chi connectivity index (χ0v) is 25.8. The number of carbonyl (C=O) groups is 2. The molecule has 3 aromatic rings. The maximum Gasteiger partial charge on any atom is 0.256 e. The molecule has 1 N–H and O–H groups in total. The number of nitrogens with one attached hydrogen (secondary N) is 1. The van der Waals surface area contributed by atoms with Crippen LogP contribution < -0.4 is 5.32 Å². The Morgan fingerprint density at radius 1 is 1.16 bits per heavy atom. The molecule has 2 aromatic heterocycles. The number of nitriles is 1. The van der Waals surface area contributed by atoms with E-state index in [1.54, 1.807) is 18.0 Å². The molecule has 1 saturated carbocycles. The number of carbonyl (C=O) groups excluding carboxylic acids is 2. The Morgan fingerprint density at radius 3 is 2.60 bits per heavy atom. The van der Waals surface area contributed by atoms with Crippen LogP contribution >= 0.6 is 0 Å². The SMILES string of the molecule is Cc1cncc2c1c(CC1CN(CC3CCC(C(=O)NCCC#N)CC3)C1)cn2-c1ccc(F)cc1C(=O)N(C)C(C)C. The first-order chi connectivity index (χ1) is 20.7. The van der Waals surface area contributed by atoms with Crippen LogP contribution in [0.25, 0.3) is 16.6 Å². The third kappa shape index (κ3) is 6.75. The van der Waals surface area contributed by atoms with E-state index in [0.717, 1.165) is 68.2 Å². The van der Waals surface area contributed by atoms with Gasteiger partial charge in [-0.2, -0.15) is 5.26 Å². The normalized spacial score (nSPS) is 19.3. The Bertz CT molecular complexity index is 1510. The monoisotopic (exact) mass is 586 g/mol. The van der Waals surface area contributed by atoms with Gasteiger partial charge in [0, 0.05) is 63.0 Å². The maximum atomic E-state index is 14.4. The molecule has 2 aliphatic rings. The van der Waals surface area contributed by atoms with E-state index in [4.69, 9.17) is 5.26 Å². The third-order valence-corrected chi connectivity index (χ3v) is 9.34. The van der Waals surface area contributed by atoms with Crippen molar-refractivity contribution in [3.05, 3.63) is 59.3 Å². The van der Waals surface area contributed by atoms with Gasteiger partial charge in [-0.25, -0.2) is 4.39 Å². The van der Waals surface area contributed by atoms with Gasteiger partial charge in [-0.1, -0.05) is 0 Å². The van der Waals surface area contributed by atoms with Crippen LogP contribution in [0.1, 0.15) is 67.4 Å². The Hall–Kier alpha value is -3.77. The van der Waals surface area contributed by atoms with Crippen molar-refractivity contribution in [1.29, 1.82) is 5.26 Å². The number of amides is 2. The molecule has 3 heterocycles. The molecular formula is C34H43FN6O2. The Kier molecular flexibility index (Phi) is 9.46. The van der Waals surface area contributed by atoms with Crippen molar-refractivity contribution in [2.45, 2.75) is 65.3 Å². The van der Waals surface area contributed by atoms with Crippen LogP contribution in [0.4, 0.5) is 4.39 Å². The van der Waals surface area contributed by atoms with E-state index < -0.39 is 5.82 Å². The minimum absolute atomic E-state index is 0.0132. The predicted octanol–water partition coefficient (Wildman–Crippen LogP) is 5.26. The minimum Gasteiger partial charge on any atom is -0.355 e. The highest BCUT2D eigenvalue weighted by Gasteiger charge is 2.33. The summed E-state index contributed by atoms with van der Waals surface area (Å²) in [7, 11) is 1.75. The molecule has 1 saturated heterocycles. The van der Waals surface area contributed by atoms with E-state index in [-0.39, 0.29) is 23.8 Å². The van der Waals surface area contributed by atoms with Crippen LogP contribution in [0.5, 0.6) is 0 Å². The lowest BCUT2D eigenvalue weighted by molar-refractivity contribution is -0.126. The molecule has 1 aromatic carbocycles. The number of rotatable bonds is 10. The van der Waals surface area contributed by atoms with Crippen molar-refractivity contribution >= 4 is 22.7 Å². The molecule has 228 valence electrons. The highest BCUT2D eigenvalue weighted by atomic mass is 19.1. The fourth-order valence-corrected chi connectivity index (χ4v) is 6.73. The molecule has 2 fully saturated rings. The molecule has 0 unspecified atom stereocenters. The number of hydrogen-bond donors (Lipinski definition) is 1. The van der Waals surface area contributed by atoms with Crippen LogP contribution in [-0.2, 0) is 11.2 Å². The van der Waals surface area contributed by atoms with Gasteiger partial charge in [-0.15, -0.1) is 0 Å². The second kappa shape index (κ2) is 13.3. The van der Waals surface area contributed by atoms with Gasteiger partial charge in [0.05, 0.1) is 35.5 Å². The highest BCUT2D eigenvalue weighted by molar-refractivity contribution is 5.99. The van der Waals surface area contributed by atoms with Crippen molar-refractivity contribution in [2.24, 2.45) is 17.8 Å². The smallest absolute Gasteiger partial charge is 0.256 e. The van der Waals surface area contributed by atoms with Gasteiger partial charge in [0.1, 0.15) is 5.82 Å². The Morgan fingerprint density at radius 2 is 1.91 bits per heavy atom. The number of fused-ring (bicyclic) bond motifs is 1. The van der Waals surface area contributed by atoms with Crippen molar-refractivity contribution in [3.63, 3.8) is 0 Å². The summed E-state index contributed by atoms with van der Waals surface area (Å²) in [5.41, 5.74) is 4.23. The van der Waals surface area contributed by atoms with Crippen molar-refractivity contribution in [2.75, 3.05) is 33.2 Å². The van der Waals surface area contributed by atoms with Crippen molar-refractivity contribution < 1.29 is 14.0 Å². The topological polar surface area (TPSA) is 94.3 Å². The van der Waals surface area contributed by atoms with Gasteiger partial charge in [0.15, 0.2) is 0 Å². The summed E-state index contributed by atoms with van der Waals surface area (Å²) in [4.78, 5) is 34.3. The van der Waals surface area contributed by atoms with E-state index in [1.807, 2.05) is 30.8 Å². The van der Waals surface area contributed by atoms with Crippen LogP contribution in [0.3, 0.4) is 0 Å². The zero-order chi connectivity index (χ0) is 30.7. The predicted molar refractivity (Wildman–Crippen MR) is 165 cm³/mol. The minimum atomic E-state index is -0.433. The summed E-state index contributed by atoms with van der Waals surface area (Å²) in [6.07, 6.45) is 11.1. The lowest BCUT2D eigenvalue weighted by Crippen LogP contribution is -2.49. The fourth-order valence-electron chi connectivity index (χ4n) is 6.73. The highest BCUT2D eigenvalue weighted by Crippen LogP contribution is 2.34.